The first-order chi connectivity index (χ1) is 9.13. The second-order valence-corrected chi connectivity index (χ2v) is 7.11. The van der Waals surface area contributed by atoms with E-state index in [1.54, 1.807) is 0 Å². The Morgan fingerprint density at radius 3 is 2.53 bits per heavy atom. The van der Waals surface area contributed by atoms with Crippen LogP contribution in [0.15, 0.2) is 22.7 Å². The third-order valence-electron chi connectivity index (χ3n) is 5.25. The molecule has 104 valence electrons. The highest BCUT2D eigenvalue weighted by molar-refractivity contribution is 9.10. The van der Waals surface area contributed by atoms with Crippen LogP contribution in [0.5, 0.6) is 0 Å². The molecule has 0 unspecified atom stereocenters. The van der Waals surface area contributed by atoms with Gasteiger partial charge in [-0.25, -0.2) is 0 Å². The zero-order valence-corrected chi connectivity index (χ0v) is 13.3. The van der Waals surface area contributed by atoms with E-state index in [0.717, 1.165) is 19.8 Å². The van der Waals surface area contributed by atoms with Crippen LogP contribution in [-0.4, -0.2) is 26.8 Å². The van der Waals surface area contributed by atoms with Gasteiger partial charge in [0, 0.05) is 16.4 Å². The molecule has 0 spiro atoms. The van der Waals surface area contributed by atoms with Crippen LogP contribution in [0.4, 0.5) is 0 Å². The third kappa shape index (κ3) is 1.90. The van der Waals surface area contributed by atoms with Crippen molar-refractivity contribution in [1.82, 2.24) is 5.32 Å². The fourth-order valence-corrected chi connectivity index (χ4v) is 4.29. The molecule has 2 aliphatic rings. The summed E-state index contributed by atoms with van der Waals surface area (Å²) in [6.07, 6.45) is 4.00. The minimum absolute atomic E-state index is 0.224. The Bertz CT molecular complexity index is 478. The standard InChI is InChI=1S/C16H22BrNO/c1-12-4-5-13(17)8-14(12)16(10-19-11-16)15(9-18-2)6-3-7-15/h4-5,8,18H,3,6-7,9-11H2,1-2H3. The molecule has 1 saturated carbocycles. The summed E-state index contributed by atoms with van der Waals surface area (Å²) in [5.41, 5.74) is 3.50. The number of hydrogen-bond acceptors (Lipinski definition) is 2. The molecule has 1 heterocycles. The van der Waals surface area contributed by atoms with Crippen molar-refractivity contribution >= 4 is 15.9 Å². The SMILES string of the molecule is CNCC1(C2(c3cc(Br)ccc3C)COC2)CCC1. The van der Waals surface area contributed by atoms with Crippen LogP contribution in [0.1, 0.15) is 30.4 Å². The van der Waals surface area contributed by atoms with Gasteiger partial charge in [0.15, 0.2) is 0 Å². The molecular weight excluding hydrogens is 302 g/mol. The van der Waals surface area contributed by atoms with E-state index < -0.39 is 0 Å². The number of aryl methyl sites for hydroxylation is 1. The van der Waals surface area contributed by atoms with E-state index in [2.05, 4.69) is 53.4 Å². The van der Waals surface area contributed by atoms with Gasteiger partial charge in [0.2, 0.25) is 0 Å². The zero-order valence-electron chi connectivity index (χ0n) is 11.8. The van der Waals surface area contributed by atoms with Crippen molar-refractivity contribution in [3.05, 3.63) is 33.8 Å². The molecule has 1 saturated heterocycles. The Labute approximate surface area is 124 Å². The molecule has 2 fully saturated rings. The molecule has 3 heteroatoms. The fourth-order valence-electron chi connectivity index (χ4n) is 3.93. The maximum absolute atomic E-state index is 5.67. The van der Waals surface area contributed by atoms with Crippen molar-refractivity contribution in [1.29, 1.82) is 0 Å². The molecule has 1 aliphatic heterocycles. The van der Waals surface area contributed by atoms with E-state index in [4.69, 9.17) is 4.74 Å². The van der Waals surface area contributed by atoms with Gasteiger partial charge in [0.25, 0.3) is 0 Å². The van der Waals surface area contributed by atoms with Crippen LogP contribution in [0.2, 0.25) is 0 Å². The van der Waals surface area contributed by atoms with Crippen molar-refractivity contribution in [3.8, 4) is 0 Å². The first-order valence-electron chi connectivity index (χ1n) is 7.13. The number of ether oxygens (including phenoxy) is 1. The highest BCUT2D eigenvalue weighted by atomic mass is 79.9. The average molecular weight is 324 g/mol. The second kappa shape index (κ2) is 4.87. The highest BCUT2D eigenvalue weighted by Crippen LogP contribution is 2.58. The lowest BCUT2D eigenvalue weighted by Gasteiger charge is -2.61. The lowest BCUT2D eigenvalue weighted by atomic mass is 9.49. The van der Waals surface area contributed by atoms with Crippen LogP contribution in [0.3, 0.4) is 0 Å². The van der Waals surface area contributed by atoms with E-state index in [-0.39, 0.29) is 5.41 Å². The molecule has 1 aromatic rings. The average Bonchev–Trinajstić information content (AvgIpc) is 2.28. The van der Waals surface area contributed by atoms with Crippen LogP contribution in [0.25, 0.3) is 0 Å². The van der Waals surface area contributed by atoms with Crippen molar-refractivity contribution in [2.45, 2.75) is 31.6 Å². The maximum Gasteiger partial charge on any atom is 0.0591 e. The Morgan fingerprint density at radius 2 is 2.05 bits per heavy atom. The first kappa shape index (κ1) is 13.6. The van der Waals surface area contributed by atoms with Crippen LogP contribution >= 0.6 is 15.9 Å². The minimum atomic E-state index is 0.224. The summed E-state index contributed by atoms with van der Waals surface area (Å²) in [5.74, 6) is 0. The Balaban J connectivity index is 2.05. The monoisotopic (exact) mass is 323 g/mol. The van der Waals surface area contributed by atoms with Gasteiger partial charge in [-0.1, -0.05) is 28.4 Å². The van der Waals surface area contributed by atoms with Crippen LogP contribution < -0.4 is 5.32 Å². The summed E-state index contributed by atoms with van der Waals surface area (Å²) in [4.78, 5) is 0. The lowest BCUT2D eigenvalue weighted by Crippen LogP contribution is -2.64. The zero-order chi connectivity index (χ0) is 13.5. The van der Waals surface area contributed by atoms with Crippen LogP contribution in [0, 0.1) is 12.3 Å². The number of nitrogens with one attached hydrogen (secondary N) is 1. The number of hydrogen-bond donors (Lipinski definition) is 1. The fraction of sp³-hybridized carbons (Fsp3) is 0.625. The molecule has 0 bridgehead atoms. The van der Waals surface area contributed by atoms with Crippen molar-refractivity contribution in [2.24, 2.45) is 5.41 Å². The largest absolute Gasteiger partial charge is 0.379 e. The molecule has 1 N–H and O–H groups in total. The molecule has 0 radical (unpaired) electrons. The van der Waals surface area contributed by atoms with Crippen LogP contribution in [-0.2, 0) is 10.2 Å². The van der Waals surface area contributed by atoms with E-state index in [1.807, 2.05) is 0 Å². The van der Waals surface area contributed by atoms with E-state index in [9.17, 15) is 0 Å². The molecule has 19 heavy (non-hydrogen) atoms. The van der Waals surface area contributed by atoms with Gasteiger partial charge in [-0.2, -0.15) is 0 Å². The molecular formula is C16H22BrNO. The molecule has 2 nitrogen and oxygen atoms in total. The van der Waals surface area contributed by atoms with E-state index >= 15 is 0 Å². The number of rotatable bonds is 4. The Kier molecular flexibility index (Phi) is 3.48. The maximum atomic E-state index is 5.67. The molecule has 3 rings (SSSR count). The molecule has 0 amide bonds. The quantitative estimate of drug-likeness (QED) is 0.916. The van der Waals surface area contributed by atoms with Gasteiger partial charge >= 0.3 is 0 Å². The van der Waals surface area contributed by atoms with E-state index in [0.29, 0.717) is 5.41 Å². The first-order valence-corrected chi connectivity index (χ1v) is 7.92. The minimum Gasteiger partial charge on any atom is -0.379 e. The predicted octanol–water partition coefficient (Wildman–Crippen LogP) is 3.42. The molecule has 0 atom stereocenters. The van der Waals surface area contributed by atoms with Gasteiger partial charge in [0.1, 0.15) is 0 Å². The van der Waals surface area contributed by atoms with Gasteiger partial charge in [-0.15, -0.1) is 0 Å². The Morgan fingerprint density at radius 1 is 1.32 bits per heavy atom. The Hall–Kier alpha value is -0.380. The van der Waals surface area contributed by atoms with Gasteiger partial charge in [-0.3, -0.25) is 0 Å². The topological polar surface area (TPSA) is 21.3 Å². The molecule has 0 aromatic heterocycles. The van der Waals surface area contributed by atoms with Gasteiger partial charge < -0.3 is 10.1 Å². The summed E-state index contributed by atoms with van der Waals surface area (Å²) < 4.78 is 6.85. The van der Waals surface area contributed by atoms with Crippen molar-refractivity contribution < 1.29 is 4.74 Å². The highest BCUT2D eigenvalue weighted by Gasteiger charge is 2.59. The molecule has 1 aromatic carbocycles. The smallest absolute Gasteiger partial charge is 0.0591 e. The van der Waals surface area contributed by atoms with Gasteiger partial charge in [0.05, 0.1) is 13.2 Å². The summed E-state index contributed by atoms with van der Waals surface area (Å²) >= 11 is 3.63. The second-order valence-electron chi connectivity index (χ2n) is 6.20. The van der Waals surface area contributed by atoms with Crippen molar-refractivity contribution in [2.75, 3.05) is 26.8 Å². The van der Waals surface area contributed by atoms with Crippen molar-refractivity contribution in [3.63, 3.8) is 0 Å². The predicted molar refractivity (Wildman–Crippen MR) is 81.6 cm³/mol. The normalized spacial score (nSPS) is 23.5. The summed E-state index contributed by atoms with van der Waals surface area (Å²) in [6.45, 7) is 5.09. The summed E-state index contributed by atoms with van der Waals surface area (Å²) in [5, 5.41) is 3.42. The molecule has 1 aliphatic carbocycles. The van der Waals surface area contributed by atoms with E-state index in [1.165, 1.54) is 34.9 Å². The summed E-state index contributed by atoms with van der Waals surface area (Å²) in [6, 6.07) is 6.68. The third-order valence-corrected chi connectivity index (χ3v) is 5.75. The van der Waals surface area contributed by atoms with Gasteiger partial charge in [-0.05, 0) is 55.5 Å². The summed E-state index contributed by atoms with van der Waals surface area (Å²) in [7, 11) is 2.07. The number of benzene rings is 1. The number of halogens is 1. The lowest BCUT2D eigenvalue weighted by molar-refractivity contribution is -0.156.